The molecule has 16 nitrogen and oxygen atoms in total. The van der Waals surface area contributed by atoms with Crippen molar-refractivity contribution in [2.45, 2.75) is 32.6 Å². The van der Waals surface area contributed by atoms with Crippen LogP contribution in [0.4, 0.5) is 5.69 Å². The van der Waals surface area contributed by atoms with Crippen LogP contribution in [-0.2, 0) is 30.5 Å². The van der Waals surface area contributed by atoms with Crippen LogP contribution in [0.2, 0.25) is 30.1 Å². The molecule has 5 aromatic heterocycles. The van der Waals surface area contributed by atoms with E-state index in [2.05, 4.69) is 77.5 Å². The normalized spacial score (nSPS) is 11.0. The van der Waals surface area contributed by atoms with E-state index in [1.165, 1.54) is 17.7 Å². The minimum Gasteiger partial charge on any atom is -0.503 e. The highest BCUT2D eigenvalue weighted by atomic mass is 79.9. The molecule has 26 heteroatoms. The number of aromatic amines is 5. The first-order valence-electron chi connectivity index (χ1n) is 25.9. The molecule has 0 radical (unpaired) electrons. The van der Waals surface area contributed by atoms with Gasteiger partial charge in [-0.05, 0) is 158 Å². The molecule has 12 rings (SSSR count). The van der Waals surface area contributed by atoms with Crippen LogP contribution in [0.15, 0.2) is 178 Å². The Morgan fingerprint density at radius 1 is 0.511 bits per heavy atom. The number of halogens is 9. The van der Waals surface area contributed by atoms with Gasteiger partial charge in [0.1, 0.15) is 11.4 Å². The van der Waals surface area contributed by atoms with Crippen LogP contribution >= 0.6 is 117 Å². The fourth-order valence-corrected chi connectivity index (χ4v) is 9.52. The number of aromatic nitrogens is 5. The average molecular weight is 1500 g/mol. The summed E-state index contributed by atoms with van der Waals surface area (Å²) in [6.07, 6.45) is 6.73. The number of fused-ring (bicyclic) bond motifs is 4. The highest BCUT2D eigenvalue weighted by molar-refractivity contribution is 9.69. The number of carbonyl (C=O) groups excluding carboxylic acids is 3. The second-order valence-corrected chi connectivity index (χ2v) is 27.7. The number of aromatic carboxylic acids is 1. The van der Waals surface area contributed by atoms with Crippen molar-refractivity contribution in [2.75, 3.05) is 5.32 Å². The van der Waals surface area contributed by atoms with Gasteiger partial charge in [-0.15, -0.1) is 47.3 Å². The quantitative estimate of drug-likeness (QED) is 0.0385. The first-order valence-corrected chi connectivity index (χ1v) is 30.9. The number of amides is 1. The third-order valence-electron chi connectivity index (χ3n) is 12.7. The molecule has 0 saturated carbocycles. The lowest BCUT2D eigenvalue weighted by molar-refractivity contribution is -0.112. The molecule has 0 bridgehead atoms. The maximum absolute atomic E-state index is 12.5. The van der Waals surface area contributed by atoms with Crippen LogP contribution in [0.3, 0.4) is 0 Å². The minimum absolute atomic E-state index is 0.0604. The van der Waals surface area contributed by atoms with Gasteiger partial charge in [0.05, 0.1) is 37.4 Å². The third kappa shape index (κ3) is 19.3. The molecule has 0 atom stereocenters. The number of carboxylic acid groups (broad SMARTS) is 1. The van der Waals surface area contributed by atoms with Crippen molar-refractivity contribution in [1.82, 2.24) is 24.9 Å². The number of carbonyl (C=O) groups is 4. The number of H-pyrrole nitrogens is 5. The lowest BCUT2D eigenvalue weighted by Gasteiger charge is -2.05. The van der Waals surface area contributed by atoms with Gasteiger partial charge in [0.2, 0.25) is 0 Å². The van der Waals surface area contributed by atoms with E-state index in [1.54, 1.807) is 92.1 Å². The van der Waals surface area contributed by atoms with Gasteiger partial charge in [0.15, 0.2) is 11.5 Å². The van der Waals surface area contributed by atoms with Crippen molar-refractivity contribution in [3.8, 4) is 11.5 Å². The molecular formula is C62H46BBr3Cl6N6O10. The summed E-state index contributed by atoms with van der Waals surface area (Å²) in [6, 6.07) is 44.0. The number of hydrogen-bond donors (Lipinski definition) is 8. The number of ketones is 1. The van der Waals surface area contributed by atoms with Crippen LogP contribution in [0, 0.1) is 6.92 Å². The summed E-state index contributed by atoms with van der Waals surface area (Å²) in [5, 5.41) is 25.8. The number of aromatic hydroxyl groups is 1. The maximum Gasteiger partial charge on any atom is 0.369 e. The summed E-state index contributed by atoms with van der Waals surface area (Å²) in [5.41, 5.74) is 7.18. The van der Waals surface area contributed by atoms with Gasteiger partial charge in [-0.1, -0.05) is 118 Å². The van der Waals surface area contributed by atoms with Gasteiger partial charge >= 0.3 is 15.1 Å². The Morgan fingerprint density at radius 3 is 1.42 bits per heavy atom. The molecule has 1 aliphatic rings. The Morgan fingerprint density at radius 2 is 0.932 bits per heavy atom. The van der Waals surface area contributed by atoms with E-state index in [9.17, 15) is 33.6 Å². The fraction of sp³-hybridized carbons (Fsp3) is 0.0806. The first kappa shape index (κ1) is 68.1. The number of rotatable bonds is 9. The second-order valence-electron chi connectivity index (χ2n) is 18.8. The largest absolute Gasteiger partial charge is 0.503 e. The van der Waals surface area contributed by atoms with Crippen molar-refractivity contribution in [2.24, 2.45) is 0 Å². The number of carboxylic acids is 1. The SMILES string of the molecule is BrB(Br)Br.Cc1cc2c(Cl)cccc2[nH]c1=O.O=C(O)c1cc(CCc2ccc(Cl)cc2)c[nH]1.O=C(Oc1cc2c(Cl)cccc2[nH]c1=O)c1cc(CCc2ccc(Cl)cc2)c[nH]1.O=C1Nc2cccc(Cl)c2C1=O.O=c1[nH]c2cccc(Cl)c2cc1O. The Hall–Kier alpha value is -7.37. The fourth-order valence-electron chi connectivity index (χ4n) is 8.32. The Bertz CT molecular complexity index is 4420. The Balaban J connectivity index is 0.000000162. The molecule has 1 aliphatic heterocycles. The lowest BCUT2D eigenvalue weighted by atomic mass is 10.1. The van der Waals surface area contributed by atoms with E-state index >= 15 is 0 Å². The van der Waals surface area contributed by atoms with E-state index in [-0.39, 0.29) is 37.2 Å². The summed E-state index contributed by atoms with van der Waals surface area (Å²) in [4.78, 5) is 93.1. The molecule has 0 spiro atoms. The molecule has 450 valence electrons. The summed E-state index contributed by atoms with van der Waals surface area (Å²) >= 11 is 44.7. The molecule has 0 unspecified atom stereocenters. The van der Waals surface area contributed by atoms with E-state index in [0.29, 0.717) is 58.2 Å². The monoisotopic (exact) mass is 1490 g/mol. The molecule has 6 aromatic carbocycles. The topological polar surface area (TPSA) is 260 Å². The summed E-state index contributed by atoms with van der Waals surface area (Å²) < 4.78 is 5.57. The molecule has 1 amide bonds. The zero-order valence-corrected chi connectivity index (χ0v) is 54.8. The Kier molecular flexibility index (Phi) is 24.9. The van der Waals surface area contributed by atoms with Crippen molar-refractivity contribution in [3.63, 3.8) is 0 Å². The number of benzene rings is 6. The number of hydrogen-bond acceptors (Lipinski definition) is 9. The Labute approximate surface area is 555 Å². The summed E-state index contributed by atoms with van der Waals surface area (Å²) in [7, 11) is 0. The molecule has 11 aromatic rings. The van der Waals surface area contributed by atoms with Crippen molar-refractivity contribution in [3.05, 3.63) is 270 Å². The van der Waals surface area contributed by atoms with Crippen molar-refractivity contribution < 1.29 is 34.1 Å². The number of aryl methyl sites for hydroxylation is 5. The molecule has 88 heavy (non-hydrogen) atoms. The third-order valence-corrected chi connectivity index (χ3v) is 14.5. The number of nitrogens with one attached hydrogen (secondary N) is 6. The van der Waals surface area contributed by atoms with Crippen LogP contribution in [-0.4, -0.2) is 61.9 Å². The van der Waals surface area contributed by atoms with Crippen molar-refractivity contribution >= 4 is 182 Å². The standard InChI is InChI=1S/C22H16Cl2N2O3.C13H12ClNO2.C10H8ClNO.C9H6ClNO2.C8H4ClNO2.BBr3/c23-15-8-6-13(7-9-15)4-5-14-10-19(25-12-14)22(28)29-20-11-16-17(24)2-1-3-18(16)26-21(20)27;14-11-5-3-9(4-6-11)1-2-10-7-12(13(16)17)15-8-10;1-6-5-7-8(11)3-2-4-9(7)12-10(6)13;10-6-2-1-3-7-5(6)4-8(12)9(13)11-7;9-4-2-1-3-5-6(4)7(11)8(12)10-5;2-1(3)4/h1-3,6-12,25H,4-5H2,(H,26,27);3-8,15H,1-2H2,(H,16,17);2-5H,1H3,(H,12,13);1-4,12H,(H,11,13);1-3H,(H,10,11,12);. The van der Waals surface area contributed by atoms with Crippen molar-refractivity contribution in [1.29, 1.82) is 0 Å². The van der Waals surface area contributed by atoms with Gasteiger partial charge in [-0.2, -0.15) is 0 Å². The van der Waals surface area contributed by atoms with Crippen LogP contribution < -0.4 is 26.7 Å². The number of pyridine rings is 3. The summed E-state index contributed by atoms with van der Waals surface area (Å²) in [5.74, 6) is -3.16. The molecule has 0 saturated heterocycles. The second kappa shape index (κ2) is 32.2. The van der Waals surface area contributed by atoms with E-state index in [0.717, 1.165) is 58.3 Å². The van der Waals surface area contributed by atoms with Gasteiger partial charge in [-0.3, -0.25) is 24.0 Å². The zero-order valence-electron chi connectivity index (χ0n) is 45.6. The zero-order chi connectivity index (χ0) is 63.8. The molecule has 0 fully saturated rings. The van der Waals surface area contributed by atoms with E-state index < -0.39 is 34.7 Å². The van der Waals surface area contributed by atoms with E-state index in [4.69, 9.17) is 84.6 Å². The molecule has 0 aliphatic carbocycles. The highest BCUT2D eigenvalue weighted by Gasteiger charge is 2.29. The van der Waals surface area contributed by atoms with Gasteiger partial charge < -0.3 is 45.2 Å². The number of Topliss-reactive ketones (excluding diaryl/α,β-unsaturated/α-hetero) is 1. The van der Waals surface area contributed by atoms with Crippen LogP contribution in [0.1, 0.15) is 59.2 Å². The van der Waals surface area contributed by atoms with Gasteiger partial charge in [0.25, 0.3) is 28.4 Å². The van der Waals surface area contributed by atoms with Crippen LogP contribution in [0.5, 0.6) is 11.5 Å². The predicted octanol–water partition coefficient (Wildman–Crippen LogP) is 16.3. The molecular weight excluding hydrogens is 1450 g/mol. The van der Waals surface area contributed by atoms with Crippen LogP contribution in [0.25, 0.3) is 32.7 Å². The van der Waals surface area contributed by atoms with Gasteiger partial charge in [0, 0.05) is 54.7 Å². The number of anilines is 1. The molecule has 8 N–H and O–H groups in total. The first-order chi connectivity index (χ1) is 41.9. The predicted molar refractivity (Wildman–Crippen MR) is 363 cm³/mol. The summed E-state index contributed by atoms with van der Waals surface area (Å²) in [6.45, 7) is 1.77. The minimum atomic E-state index is -0.928. The van der Waals surface area contributed by atoms with Gasteiger partial charge in [-0.25, -0.2) is 9.59 Å². The number of esters is 1. The average Bonchev–Trinajstić information content (AvgIpc) is 4.29. The number of ether oxygens (including phenoxy) is 1. The highest BCUT2D eigenvalue weighted by Crippen LogP contribution is 2.30. The molecule has 6 heterocycles. The lowest BCUT2D eigenvalue weighted by Crippen LogP contribution is -2.16. The van der Waals surface area contributed by atoms with E-state index in [1.807, 2.05) is 66.7 Å². The smallest absolute Gasteiger partial charge is 0.369 e. The maximum atomic E-state index is 12.5.